The van der Waals surface area contributed by atoms with Gasteiger partial charge < -0.3 is 4.74 Å². The van der Waals surface area contributed by atoms with E-state index in [4.69, 9.17) is 4.74 Å². The number of imide groups is 1. The van der Waals surface area contributed by atoms with Crippen LogP contribution in [-0.2, 0) is 9.59 Å². The molecule has 1 atom stereocenters. The molecule has 1 aromatic carbocycles. The zero-order valence-electron chi connectivity index (χ0n) is 12.6. The smallest absolute Gasteiger partial charge is 0.234 e. The summed E-state index contributed by atoms with van der Waals surface area (Å²) in [5.74, 6) is 0.0709. The lowest BCUT2D eigenvalue weighted by Crippen LogP contribution is -2.21. The van der Waals surface area contributed by atoms with Crippen LogP contribution in [0.15, 0.2) is 24.3 Å². The summed E-state index contributed by atoms with van der Waals surface area (Å²) >= 11 is 0. The number of amides is 2. The Balaban J connectivity index is 1.77. The average molecular weight is 289 g/mol. The van der Waals surface area contributed by atoms with Gasteiger partial charge in [-0.2, -0.15) is 0 Å². The van der Waals surface area contributed by atoms with Gasteiger partial charge in [0, 0.05) is 6.42 Å². The zero-order valence-corrected chi connectivity index (χ0v) is 12.6. The molecule has 0 spiro atoms. The molecule has 0 radical (unpaired) electrons. The number of hydrogen-bond donors (Lipinski definition) is 1. The third kappa shape index (κ3) is 4.59. The van der Waals surface area contributed by atoms with Crippen molar-refractivity contribution >= 4 is 11.8 Å². The quantitative estimate of drug-likeness (QED) is 0.591. The van der Waals surface area contributed by atoms with Crippen molar-refractivity contribution in [3.05, 3.63) is 29.8 Å². The molecule has 0 bridgehead atoms. The predicted molar refractivity (Wildman–Crippen MR) is 81.2 cm³/mol. The first-order valence-corrected chi connectivity index (χ1v) is 7.77. The minimum atomic E-state index is -0.347. The maximum Gasteiger partial charge on any atom is 0.234 e. The third-order valence-electron chi connectivity index (χ3n) is 3.77. The van der Waals surface area contributed by atoms with Crippen molar-refractivity contribution < 1.29 is 14.3 Å². The van der Waals surface area contributed by atoms with E-state index in [1.54, 1.807) is 0 Å². The van der Waals surface area contributed by atoms with Crippen LogP contribution in [0.1, 0.15) is 56.9 Å². The number of ether oxygens (including phenoxy) is 1. The molecule has 21 heavy (non-hydrogen) atoms. The Morgan fingerprint density at radius 2 is 1.81 bits per heavy atom. The molecule has 1 fully saturated rings. The lowest BCUT2D eigenvalue weighted by atomic mass is 9.98. The number of rotatable bonds is 8. The molecule has 0 saturated carbocycles. The Kier molecular flexibility index (Phi) is 5.78. The van der Waals surface area contributed by atoms with E-state index in [0.717, 1.165) is 24.3 Å². The van der Waals surface area contributed by atoms with Gasteiger partial charge in [-0.25, -0.2) is 0 Å². The van der Waals surface area contributed by atoms with Gasteiger partial charge in [-0.3, -0.25) is 14.9 Å². The number of hydrogen-bond acceptors (Lipinski definition) is 3. The van der Waals surface area contributed by atoms with Gasteiger partial charge in [0.15, 0.2) is 0 Å². The molecule has 1 aromatic rings. The first-order valence-electron chi connectivity index (χ1n) is 7.77. The number of benzene rings is 1. The van der Waals surface area contributed by atoms with E-state index in [1.807, 2.05) is 24.3 Å². The first kappa shape index (κ1) is 15.5. The summed E-state index contributed by atoms with van der Waals surface area (Å²) in [4.78, 5) is 22.8. The Bertz CT molecular complexity index is 481. The Morgan fingerprint density at radius 1 is 1.10 bits per heavy atom. The summed E-state index contributed by atoms with van der Waals surface area (Å²) in [6.45, 7) is 2.93. The highest BCUT2D eigenvalue weighted by atomic mass is 16.5. The van der Waals surface area contributed by atoms with E-state index in [-0.39, 0.29) is 24.2 Å². The maximum absolute atomic E-state index is 11.6. The van der Waals surface area contributed by atoms with Crippen molar-refractivity contribution in [3.8, 4) is 5.75 Å². The third-order valence-corrected chi connectivity index (χ3v) is 3.77. The van der Waals surface area contributed by atoms with Gasteiger partial charge in [-0.1, -0.05) is 44.7 Å². The summed E-state index contributed by atoms with van der Waals surface area (Å²) in [5.41, 5.74) is 0.869. The molecule has 4 nitrogen and oxygen atoms in total. The molecule has 1 N–H and O–H groups in total. The summed E-state index contributed by atoms with van der Waals surface area (Å²) in [7, 11) is 0. The van der Waals surface area contributed by atoms with Crippen molar-refractivity contribution in [2.45, 2.75) is 51.4 Å². The van der Waals surface area contributed by atoms with Crippen molar-refractivity contribution in [2.75, 3.05) is 6.61 Å². The zero-order chi connectivity index (χ0) is 15.1. The molecular weight excluding hydrogens is 266 g/mol. The summed E-state index contributed by atoms with van der Waals surface area (Å²) in [5, 5.41) is 2.33. The number of carbonyl (C=O) groups is 2. The molecular formula is C17H23NO3. The molecule has 2 amide bonds. The van der Waals surface area contributed by atoms with Crippen LogP contribution in [0, 0.1) is 0 Å². The fraction of sp³-hybridized carbons (Fsp3) is 0.529. The molecule has 114 valence electrons. The molecule has 1 aliphatic heterocycles. The van der Waals surface area contributed by atoms with Crippen LogP contribution in [0.2, 0.25) is 0 Å². The molecule has 1 aliphatic rings. The Labute approximate surface area is 125 Å². The molecule has 1 saturated heterocycles. The minimum absolute atomic E-state index is 0.197. The van der Waals surface area contributed by atoms with Gasteiger partial charge in [-0.05, 0) is 24.1 Å². The molecule has 2 rings (SSSR count). The fourth-order valence-electron chi connectivity index (χ4n) is 2.51. The van der Waals surface area contributed by atoms with Gasteiger partial charge in [0.2, 0.25) is 11.8 Å². The Hall–Kier alpha value is -1.84. The van der Waals surface area contributed by atoms with Crippen LogP contribution < -0.4 is 10.1 Å². The van der Waals surface area contributed by atoms with Crippen LogP contribution >= 0.6 is 0 Å². The van der Waals surface area contributed by atoms with E-state index in [2.05, 4.69) is 12.2 Å². The van der Waals surface area contributed by atoms with E-state index in [1.165, 1.54) is 25.7 Å². The van der Waals surface area contributed by atoms with E-state index < -0.39 is 0 Å². The molecule has 1 unspecified atom stereocenters. The highest BCUT2D eigenvalue weighted by Crippen LogP contribution is 2.26. The van der Waals surface area contributed by atoms with Gasteiger partial charge >= 0.3 is 0 Å². The number of nitrogens with one attached hydrogen (secondary N) is 1. The molecule has 1 heterocycles. The van der Waals surface area contributed by atoms with Crippen LogP contribution in [-0.4, -0.2) is 18.4 Å². The second kappa shape index (κ2) is 7.81. The topological polar surface area (TPSA) is 55.4 Å². The largest absolute Gasteiger partial charge is 0.494 e. The standard InChI is InChI=1S/C17H23NO3/c1-2-3-4-5-6-11-21-14-9-7-13(8-10-14)15-12-16(19)18-17(15)20/h7-10,15H,2-6,11-12H2,1H3,(H,18,19,20). The normalized spacial score (nSPS) is 17.9. The lowest BCUT2D eigenvalue weighted by Gasteiger charge is -2.09. The Morgan fingerprint density at radius 3 is 2.43 bits per heavy atom. The molecule has 0 aliphatic carbocycles. The SMILES string of the molecule is CCCCCCCOc1ccc(C2CC(=O)NC2=O)cc1. The van der Waals surface area contributed by atoms with Gasteiger partial charge in [0.05, 0.1) is 12.5 Å². The highest BCUT2D eigenvalue weighted by Gasteiger charge is 2.31. The van der Waals surface area contributed by atoms with Crippen LogP contribution in [0.5, 0.6) is 5.75 Å². The predicted octanol–water partition coefficient (Wildman–Crippen LogP) is 3.17. The summed E-state index contributed by atoms with van der Waals surface area (Å²) in [6.07, 6.45) is 6.33. The van der Waals surface area contributed by atoms with Crippen molar-refractivity contribution in [1.82, 2.24) is 5.32 Å². The van der Waals surface area contributed by atoms with Gasteiger partial charge in [0.1, 0.15) is 5.75 Å². The summed E-state index contributed by atoms with van der Waals surface area (Å²) < 4.78 is 5.68. The molecule has 0 aromatic heterocycles. The monoisotopic (exact) mass is 289 g/mol. The van der Waals surface area contributed by atoms with E-state index >= 15 is 0 Å². The fourth-order valence-corrected chi connectivity index (χ4v) is 2.51. The maximum atomic E-state index is 11.6. The number of carbonyl (C=O) groups excluding carboxylic acids is 2. The van der Waals surface area contributed by atoms with Crippen LogP contribution in [0.25, 0.3) is 0 Å². The van der Waals surface area contributed by atoms with Gasteiger partial charge in [0.25, 0.3) is 0 Å². The second-order valence-corrected chi connectivity index (χ2v) is 5.50. The average Bonchev–Trinajstić information content (AvgIpc) is 2.82. The minimum Gasteiger partial charge on any atom is -0.494 e. The van der Waals surface area contributed by atoms with E-state index in [0.29, 0.717) is 0 Å². The first-order chi connectivity index (χ1) is 10.2. The lowest BCUT2D eigenvalue weighted by molar-refractivity contribution is -0.125. The van der Waals surface area contributed by atoms with Crippen molar-refractivity contribution in [3.63, 3.8) is 0 Å². The van der Waals surface area contributed by atoms with Crippen molar-refractivity contribution in [1.29, 1.82) is 0 Å². The van der Waals surface area contributed by atoms with Crippen LogP contribution in [0.4, 0.5) is 0 Å². The second-order valence-electron chi connectivity index (χ2n) is 5.50. The van der Waals surface area contributed by atoms with Crippen molar-refractivity contribution in [2.24, 2.45) is 0 Å². The number of unbranched alkanes of at least 4 members (excludes halogenated alkanes) is 4. The van der Waals surface area contributed by atoms with Gasteiger partial charge in [-0.15, -0.1) is 0 Å². The molecule has 4 heteroatoms. The van der Waals surface area contributed by atoms with E-state index in [9.17, 15) is 9.59 Å². The summed E-state index contributed by atoms with van der Waals surface area (Å²) in [6, 6.07) is 7.49. The highest BCUT2D eigenvalue weighted by molar-refractivity contribution is 6.06. The van der Waals surface area contributed by atoms with Crippen LogP contribution in [0.3, 0.4) is 0 Å².